The maximum Gasteiger partial charge on any atom is 0.282 e. The molecule has 0 fully saturated rings. The third-order valence-corrected chi connectivity index (χ3v) is 5.31. The summed E-state index contributed by atoms with van der Waals surface area (Å²) < 4.78 is 8.48. The van der Waals surface area contributed by atoms with E-state index in [0.717, 1.165) is 19.4 Å². The van der Waals surface area contributed by atoms with Crippen LogP contribution in [-0.4, -0.2) is 23.0 Å². The van der Waals surface area contributed by atoms with Gasteiger partial charge < -0.3 is 4.74 Å². The zero-order valence-electron chi connectivity index (χ0n) is 15.5. The van der Waals surface area contributed by atoms with Crippen molar-refractivity contribution in [3.63, 3.8) is 0 Å². The lowest BCUT2D eigenvalue weighted by Crippen LogP contribution is -2.29. The summed E-state index contributed by atoms with van der Waals surface area (Å²) in [5.74, 6) is 1.42. The lowest BCUT2D eigenvalue weighted by atomic mass is 9.95. The Morgan fingerprint density at radius 1 is 1.22 bits per heavy atom. The molecule has 1 heterocycles. The van der Waals surface area contributed by atoms with Crippen LogP contribution in [0.25, 0.3) is 10.9 Å². The van der Waals surface area contributed by atoms with Crippen molar-refractivity contribution in [2.24, 2.45) is 5.10 Å². The monoisotopic (exact) mass is 539 g/mol. The predicted molar refractivity (Wildman–Crippen MR) is 121 cm³/mol. The Kier molecular flexibility index (Phi) is 5.71. The Morgan fingerprint density at radius 2 is 1.96 bits per heavy atom. The van der Waals surface area contributed by atoms with E-state index in [0.29, 0.717) is 16.7 Å². The van der Waals surface area contributed by atoms with Crippen molar-refractivity contribution >= 4 is 55.6 Å². The average molecular weight is 540 g/mol. The molecule has 0 radical (unpaired) electrons. The van der Waals surface area contributed by atoms with Crippen LogP contribution in [-0.2, 0) is 5.41 Å². The fourth-order valence-corrected chi connectivity index (χ4v) is 3.75. The molecule has 0 amide bonds. The van der Waals surface area contributed by atoms with Crippen LogP contribution in [0.15, 0.2) is 50.8 Å². The van der Waals surface area contributed by atoms with Crippen molar-refractivity contribution in [2.75, 3.05) is 7.11 Å². The van der Waals surface area contributed by atoms with E-state index in [2.05, 4.69) is 43.6 Å². The summed E-state index contributed by atoms with van der Waals surface area (Å²) in [5.41, 5.74) is 1.01. The zero-order valence-corrected chi connectivity index (χ0v) is 19.2. The number of benzene rings is 2. The number of hydrogen-bond donors (Lipinski definition) is 0. The summed E-state index contributed by atoms with van der Waals surface area (Å²) in [6.07, 6.45) is 1.67. The number of hydrogen-bond acceptors (Lipinski definition) is 4. The van der Waals surface area contributed by atoms with E-state index in [1.807, 2.05) is 51.1 Å². The van der Waals surface area contributed by atoms with E-state index < -0.39 is 0 Å². The molecule has 1 aromatic heterocycles. The minimum absolute atomic E-state index is 0.189. The second-order valence-corrected chi connectivity index (χ2v) is 9.18. The first-order valence-corrected chi connectivity index (χ1v) is 10.2. The Bertz CT molecular complexity index is 1100. The molecule has 27 heavy (non-hydrogen) atoms. The van der Waals surface area contributed by atoms with Crippen molar-refractivity contribution in [1.29, 1.82) is 0 Å². The predicted octanol–water partition coefficient (Wildman–Crippen LogP) is 4.95. The van der Waals surface area contributed by atoms with Gasteiger partial charge in [0, 0.05) is 9.89 Å². The van der Waals surface area contributed by atoms with Gasteiger partial charge in [0.1, 0.15) is 11.6 Å². The van der Waals surface area contributed by atoms with Gasteiger partial charge in [-0.3, -0.25) is 4.79 Å². The molecule has 3 aromatic rings. The fraction of sp³-hybridized carbons (Fsp3) is 0.250. The summed E-state index contributed by atoms with van der Waals surface area (Å²) >= 11 is 5.63. The molecule has 3 rings (SSSR count). The van der Waals surface area contributed by atoms with Crippen LogP contribution < -0.4 is 10.3 Å². The van der Waals surface area contributed by atoms with Gasteiger partial charge >= 0.3 is 0 Å². The van der Waals surface area contributed by atoms with Crippen molar-refractivity contribution in [3.8, 4) is 5.75 Å². The Balaban J connectivity index is 2.18. The lowest BCUT2D eigenvalue weighted by molar-refractivity contribution is 0.412. The highest BCUT2D eigenvalue weighted by atomic mass is 127. The molecule has 0 aliphatic heterocycles. The van der Waals surface area contributed by atoms with Crippen LogP contribution in [0.2, 0.25) is 0 Å². The Labute approximate surface area is 179 Å². The molecule has 0 saturated heterocycles. The van der Waals surface area contributed by atoms with E-state index in [-0.39, 0.29) is 11.0 Å². The Morgan fingerprint density at radius 3 is 2.59 bits per heavy atom. The topological polar surface area (TPSA) is 56.5 Å². The number of fused-ring (bicyclic) bond motifs is 1. The van der Waals surface area contributed by atoms with E-state index in [1.165, 1.54) is 4.68 Å². The largest absolute Gasteiger partial charge is 0.496 e. The van der Waals surface area contributed by atoms with Gasteiger partial charge in [-0.1, -0.05) is 36.7 Å². The van der Waals surface area contributed by atoms with Crippen molar-refractivity contribution in [3.05, 3.63) is 66.2 Å². The van der Waals surface area contributed by atoms with Crippen molar-refractivity contribution in [2.45, 2.75) is 26.2 Å². The quantitative estimate of drug-likeness (QED) is 0.349. The molecule has 140 valence electrons. The maximum absolute atomic E-state index is 13.1. The van der Waals surface area contributed by atoms with Gasteiger partial charge in [0.15, 0.2) is 0 Å². The smallest absolute Gasteiger partial charge is 0.282 e. The number of rotatable bonds is 3. The zero-order chi connectivity index (χ0) is 19.8. The van der Waals surface area contributed by atoms with Crippen molar-refractivity contribution in [1.82, 2.24) is 9.66 Å². The number of halogens is 2. The van der Waals surface area contributed by atoms with Gasteiger partial charge in [0.2, 0.25) is 0 Å². The van der Waals surface area contributed by atoms with Gasteiger partial charge in [0.25, 0.3) is 5.56 Å². The van der Waals surface area contributed by atoms with E-state index in [1.54, 1.807) is 19.4 Å². The molecule has 0 unspecified atom stereocenters. The van der Waals surface area contributed by atoms with E-state index in [4.69, 9.17) is 9.72 Å². The first-order chi connectivity index (χ1) is 12.7. The van der Waals surface area contributed by atoms with Gasteiger partial charge in [-0.25, -0.2) is 4.98 Å². The molecular formula is C20H19BrIN3O2. The molecule has 5 nitrogen and oxygen atoms in total. The highest BCUT2D eigenvalue weighted by Gasteiger charge is 2.22. The first-order valence-electron chi connectivity index (χ1n) is 8.31. The summed E-state index contributed by atoms with van der Waals surface area (Å²) in [5, 5.41) is 5.00. The molecule has 0 aliphatic rings. The number of methoxy groups -OCH3 is 1. The van der Waals surface area contributed by atoms with Crippen LogP contribution >= 0.6 is 38.5 Å². The lowest BCUT2D eigenvalue weighted by Gasteiger charge is -2.20. The van der Waals surface area contributed by atoms with Gasteiger partial charge in [-0.2, -0.15) is 9.78 Å². The normalized spacial score (nSPS) is 12.1. The summed E-state index contributed by atoms with van der Waals surface area (Å²) in [4.78, 5) is 17.8. The molecule has 0 aliphatic carbocycles. The fourth-order valence-electron chi connectivity index (χ4n) is 2.63. The standard InChI is InChI=1S/C20H19BrIN3O2/c1-20(2,3)19-24-16-7-6-13(21)10-14(16)18(26)25(19)23-11-12-5-8-17(27-4)15(22)9-12/h5-11H,1-4H3. The van der Waals surface area contributed by atoms with Gasteiger partial charge in [-0.05, 0) is 64.6 Å². The molecular weight excluding hydrogens is 521 g/mol. The van der Waals surface area contributed by atoms with Crippen LogP contribution in [0, 0.1) is 3.57 Å². The second kappa shape index (κ2) is 7.71. The van der Waals surface area contributed by atoms with Crippen LogP contribution in [0.4, 0.5) is 0 Å². The summed E-state index contributed by atoms with van der Waals surface area (Å²) in [6.45, 7) is 6.05. The molecule has 0 bridgehead atoms. The summed E-state index contributed by atoms with van der Waals surface area (Å²) in [6, 6.07) is 11.2. The second-order valence-electron chi connectivity index (χ2n) is 7.10. The van der Waals surface area contributed by atoms with E-state index in [9.17, 15) is 4.79 Å². The molecule has 0 N–H and O–H groups in total. The van der Waals surface area contributed by atoms with Crippen LogP contribution in [0.3, 0.4) is 0 Å². The van der Waals surface area contributed by atoms with Crippen LogP contribution in [0.1, 0.15) is 32.2 Å². The highest BCUT2D eigenvalue weighted by molar-refractivity contribution is 14.1. The van der Waals surface area contributed by atoms with Crippen LogP contribution in [0.5, 0.6) is 5.75 Å². The van der Waals surface area contributed by atoms with Crippen molar-refractivity contribution < 1.29 is 4.74 Å². The molecule has 0 saturated carbocycles. The molecule has 0 atom stereocenters. The Hall–Kier alpha value is -1.74. The minimum atomic E-state index is -0.341. The highest BCUT2D eigenvalue weighted by Crippen LogP contribution is 2.23. The summed E-state index contributed by atoms with van der Waals surface area (Å²) in [7, 11) is 1.64. The third-order valence-electron chi connectivity index (χ3n) is 3.98. The van der Waals surface area contributed by atoms with E-state index >= 15 is 0 Å². The number of nitrogens with zero attached hydrogens (tertiary/aromatic N) is 3. The SMILES string of the molecule is COc1ccc(C=Nn2c(C(C)(C)C)nc3ccc(Br)cc3c2=O)cc1I. The number of aromatic nitrogens is 2. The third kappa shape index (κ3) is 4.24. The molecule has 7 heteroatoms. The maximum atomic E-state index is 13.1. The minimum Gasteiger partial charge on any atom is -0.496 e. The molecule has 0 spiro atoms. The first kappa shape index (κ1) is 20.0. The average Bonchev–Trinajstić information content (AvgIpc) is 2.60. The molecule has 2 aromatic carbocycles. The van der Waals surface area contributed by atoms with Gasteiger partial charge in [-0.15, -0.1) is 0 Å². The number of ether oxygens (including phenoxy) is 1. The van der Waals surface area contributed by atoms with Gasteiger partial charge in [0.05, 0.1) is 27.8 Å².